The monoisotopic (exact) mass is 534 g/mol. The van der Waals surface area contributed by atoms with Crippen LogP contribution in [0.15, 0.2) is 59.5 Å². The molecule has 190 valence electrons. The first-order valence-electron chi connectivity index (χ1n) is 10.4. The number of alkyl halides is 3. The van der Waals surface area contributed by atoms with E-state index in [9.17, 15) is 26.0 Å². The smallest absolute Gasteiger partial charge is 0.379 e. The molecular weight excluding hydrogens is 512 g/mol. The predicted octanol–water partition coefficient (Wildman–Crippen LogP) is 3.98. The molecule has 4 rings (SSSR count). The van der Waals surface area contributed by atoms with Crippen LogP contribution in [-0.2, 0) is 27.5 Å². The molecule has 0 bridgehead atoms. The van der Waals surface area contributed by atoms with E-state index in [1.54, 1.807) is 0 Å². The first-order chi connectivity index (χ1) is 16.1. The number of aromatic nitrogens is 2. The maximum Gasteiger partial charge on any atom is 0.416 e. The summed E-state index contributed by atoms with van der Waals surface area (Å²) in [5.74, 6) is -0.599. The fourth-order valence-corrected chi connectivity index (χ4v) is 5.18. The molecule has 1 aliphatic rings. The molecule has 2 aromatic carbocycles. The highest BCUT2D eigenvalue weighted by atomic mass is 35.5. The summed E-state index contributed by atoms with van der Waals surface area (Å²) in [5, 5.41) is 0. The second kappa shape index (κ2) is 10.6. The first-order valence-corrected chi connectivity index (χ1v) is 11.8. The van der Waals surface area contributed by atoms with Gasteiger partial charge < -0.3 is 15.0 Å². The minimum Gasteiger partial charge on any atom is -0.379 e. The van der Waals surface area contributed by atoms with E-state index in [1.165, 1.54) is 39.5 Å². The fourth-order valence-electron chi connectivity index (χ4n) is 3.77. The number of nitrogens with two attached hydrogens (primary N) is 1. The number of sulfonamides is 1. The van der Waals surface area contributed by atoms with Gasteiger partial charge in [-0.05, 0) is 35.9 Å². The summed E-state index contributed by atoms with van der Waals surface area (Å²) >= 11 is 0. The second-order valence-electron chi connectivity index (χ2n) is 7.69. The minimum absolute atomic E-state index is 0. The molecular formula is C22H23ClF4N4O3S. The normalized spacial score (nSPS) is 15.9. The standard InChI is InChI=1S/C22H22F4N4O3S.ClH/c23-17(5-6-27)13-29-14-28-21-19(11-16(12-20(21)29)22(24,25)26)15-1-3-18(4-2-15)34(31,32)30-7-9-33-10-8-30;/h1-5,11-12,14H,6-10,13,27H2;1H/b17-5-;. The SMILES string of the molecule is Cl.NC/C=C(\F)Cn1cnc2c(-c3ccc(S(=O)(=O)N4CCOCC4)cc3)cc(C(F)(F)F)cc21. The molecule has 0 unspecified atom stereocenters. The Morgan fingerprint density at radius 2 is 1.80 bits per heavy atom. The van der Waals surface area contributed by atoms with Crippen molar-refractivity contribution in [3.8, 4) is 11.1 Å². The van der Waals surface area contributed by atoms with Crippen molar-refractivity contribution in [3.63, 3.8) is 0 Å². The maximum atomic E-state index is 14.0. The average Bonchev–Trinajstić information content (AvgIpc) is 3.21. The lowest BCUT2D eigenvalue weighted by Gasteiger charge is -2.26. The Morgan fingerprint density at radius 3 is 2.40 bits per heavy atom. The molecule has 35 heavy (non-hydrogen) atoms. The van der Waals surface area contributed by atoms with Gasteiger partial charge in [0.2, 0.25) is 10.0 Å². The number of rotatable bonds is 6. The number of nitrogens with zero attached hydrogens (tertiary/aromatic N) is 3. The summed E-state index contributed by atoms with van der Waals surface area (Å²) in [5.41, 5.74) is 5.20. The van der Waals surface area contributed by atoms with Crippen LogP contribution in [0.5, 0.6) is 0 Å². The lowest BCUT2D eigenvalue weighted by molar-refractivity contribution is -0.137. The van der Waals surface area contributed by atoms with Crippen molar-refractivity contribution in [2.75, 3.05) is 32.8 Å². The molecule has 2 N–H and O–H groups in total. The number of allylic oxidation sites excluding steroid dienone is 1. The molecule has 1 aromatic heterocycles. The summed E-state index contributed by atoms with van der Waals surface area (Å²) in [6.07, 6.45) is -2.26. The van der Waals surface area contributed by atoms with Crippen LogP contribution in [0.25, 0.3) is 22.2 Å². The highest BCUT2D eigenvalue weighted by Gasteiger charge is 2.32. The van der Waals surface area contributed by atoms with Crippen molar-refractivity contribution >= 4 is 33.5 Å². The van der Waals surface area contributed by atoms with E-state index in [-0.39, 0.29) is 60.1 Å². The Morgan fingerprint density at radius 1 is 1.14 bits per heavy atom. The van der Waals surface area contributed by atoms with Gasteiger partial charge in [0.25, 0.3) is 0 Å². The van der Waals surface area contributed by atoms with Crippen LogP contribution in [0.1, 0.15) is 5.56 Å². The molecule has 0 amide bonds. The Bertz CT molecular complexity index is 1320. The number of fused-ring (bicyclic) bond motifs is 1. The third-order valence-electron chi connectivity index (χ3n) is 5.49. The van der Waals surface area contributed by atoms with Crippen LogP contribution >= 0.6 is 12.4 Å². The average molecular weight is 535 g/mol. The van der Waals surface area contributed by atoms with Crippen molar-refractivity contribution in [2.45, 2.75) is 17.6 Å². The maximum absolute atomic E-state index is 14.0. The van der Waals surface area contributed by atoms with Gasteiger partial charge in [-0.15, -0.1) is 12.4 Å². The third kappa shape index (κ3) is 5.67. The van der Waals surface area contributed by atoms with Gasteiger partial charge in [0, 0.05) is 25.2 Å². The van der Waals surface area contributed by atoms with Crippen LogP contribution in [0.2, 0.25) is 0 Å². The van der Waals surface area contributed by atoms with Gasteiger partial charge in [0.1, 0.15) is 5.83 Å². The number of ether oxygens (including phenoxy) is 1. The van der Waals surface area contributed by atoms with Crippen molar-refractivity contribution in [1.82, 2.24) is 13.9 Å². The summed E-state index contributed by atoms with van der Waals surface area (Å²) in [7, 11) is -3.75. The molecule has 0 saturated carbocycles. The van der Waals surface area contributed by atoms with Gasteiger partial charge in [0.15, 0.2) is 0 Å². The van der Waals surface area contributed by atoms with Gasteiger partial charge in [0.05, 0.1) is 47.6 Å². The summed E-state index contributed by atoms with van der Waals surface area (Å²) in [6.45, 7) is 0.685. The lowest BCUT2D eigenvalue weighted by Crippen LogP contribution is -2.40. The number of imidazole rings is 1. The Kier molecular flexibility index (Phi) is 8.22. The van der Waals surface area contributed by atoms with E-state index in [4.69, 9.17) is 10.5 Å². The molecule has 0 atom stereocenters. The number of morpholine rings is 1. The molecule has 13 heteroatoms. The molecule has 2 heterocycles. The van der Waals surface area contributed by atoms with Crippen LogP contribution in [0.3, 0.4) is 0 Å². The third-order valence-corrected chi connectivity index (χ3v) is 7.40. The molecule has 0 spiro atoms. The zero-order chi connectivity index (χ0) is 24.5. The van der Waals surface area contributed by atoms with E-state index in [2.05, 4.69) is 4.98 Å². The van der Waals surface area contributed by atoms with Crippen molar-refractivity contribution in [3.05, 3.63) is 60.2 Å². The van der Waals surface area contributed by atoms with Gasteiger partial charge in [-0.1, -0.05) is 12.1 Å². The molecule has 3 aromatic rings. The Balaban J connectivity index is 0.00000342. The lowest BCUT2D eigenvalue weighted by atomic mass is 10.0. The molecule has 0 radical (unpaired) electrons. The zero-order valence-corrected chi connectivity index (χ0v) is 20.0. The fraction of sp³-hybridized carbons (Fsp3) is 0.318. The zero-order valence-electron chi connectivity index (χ0n) is 18.3. The molecule has 1 saturated heterocycles. The Labute approximate surface area is 205 Å². The molecule has 0 aliphatic carbocycles. The number of hydrogen-bond acceptors (Lipinski definition) is 5. The predicted molar refractivity (Wildman–Crippen MR) is 125 cm³/mol. The number of benzene rings is 2. The van der Waals surface area contributed by atoms with Gasteiger partial charge in [-0.3, -0.25) is 0 Å². The van der Waals surface area contributed by atoms with Gasteiger partial charge in [-0.25, -0.2) is 17.8 Å². The van der Waals surface area contributed by atoms with E-state index in [1.807, 2.05) is 0 Å². The summed E-state index contributed by atoms with van der Waals surface area (Å²) in [4.78, 5) is 4.23. The van der Waals surface area contributed by atoms with Crippen LogP contribution < -0.4 is 5.73 Å². The van der Waals surface area contributed by atoms with Crippen LogP contribution in [-0.4, -0.2) is 55.1 Å². The number of halogens is 5. The van der Waals surface area contributed by atoms with Crippen molar-refractivity contribution < 1.29 is 30.7 Å². The van der Waals surface area contributed by atoms with Gasteiger partial charge >= 0.3 is 6.18 Å². The minimum atomic E-state index is -4.65. The second-order valence-corrected chi connectivity index (χ2v) is 9.63. The Hall–Kier alpha value is -2.51. The van der Waals surface area contributed by atoms with E-state index < -0.39 is 27.6 Å². The highest BCUT2D eigenvalue weighted by Crippen LogP contribution is 2.37. The molecule has 1 fully saturated rings. The van der Waals surface area contributed by atoms with Crippen LogP contribution in [0.4, 0.5) is 17.6 Å². The molecule has 7 nitrogen and oxygen atoms in total. The highest BCUT2D eigenvalue weighted by molar-refractivity contribution is 7.89. The quantitative estimate of drug-likeness (QED) is 0.483. The van der Waals surface area contributed by atoms with E-state index in [0.717, 1.165) is 18.2 Å². The number of hydrogen-bond donors (Lipinski definition) is 1. The molecule has 1 aliphatic heterocycles. The van der Waals surface area contributed by atoms with Gasteiger partial charge in [-0.2, -0.15) is 17.5 Å². The topological polar surface area (TPSA) is 90.5 Å². The first kappa shape index (κ1) is 27.1. The van der Waals surface area contributed by atoms with Crippen molar-refractivity contribution in [1.29, 1.82) is 0 Å². The van der Waals surface area contributed by atoms with Crippen molar-refractivity contribution in [2.24, 2.45) is 5.73 Å². The summed E-state index contributed by atoms with van der Waals surface area (Å²) < 4.78 is 88.4. The largest absolute Gasteiger partial charge is 0.416 e. The van der Waals surface area contributed by atoms with E-state index in [0.29, 0.717) is 18.8 Å². The van der Waals surface area contributed by atoms with E-state index >= 15 is 0 Å². The summed E-state index contributed by atoms with van der Waals surface area (Å²) in [6, 6.07) is 7.46. The van der Waals surface area contributed by atoms with Crippen LogP contribution in [0, 0.1) is 0 Å².